The number of methoxy groups -OCH3 is 1. The lowest BCUT2D eigenvalue weighted by Crippen LogP contribution is -2.27. The standard InChI is InChI=1S/C13H13N3O5/c1-20-11(18)3-2-4-14-12(19)8-5-9-13(15-6-8)21-7-10(17)16-9/h2-3,5-6H,4,7H2,1H3,(H,14,19)(H,16,17)/b3-2+. The molecule has 0 radical (unpaired) electrons. The molecule has 0 bridgehead atoms. The Morgan fingerprint density at radius 3 is 3.14 bits per heavy atom. The van der Waals surface area contributed by atoms with Crippen molar-refractivity contribution in [1.29, 1.82) is 0 Å². The fraction of sp³-hybridized carbons (Fsp3) is 0.231. The highest BCUT2D eigenvalue weighted by atomic mass is 16.5. The van der Waals surface area contributed by atoms with E-state index < -0.39 is 5.97 Å². The number of fused-ring (bicyclic) bond motifs is 1. The quantitative estimate of drug-likeness (QED) is 0.591. The van der Waals surface area contributed by atoms with Crippen molar-refractivity contribution in [3.8, 4) is 5.88 Å². The van der Waals surface area contributed by atoms with Crippen LogP contribution in [0.2, 0.25) is 0 Å². The summed E-state index contributed by atoms with van der Waals surface area (Å²) in [5, 5.41) is 5.13. The Morgan fingerprint density at radius 2 is 2.38 bits per heavy atom. The minimum Gasteiger partial charge on any atom is -0.466 e. The molecule has 0 unspecified atom stereocenters. The second-order valence-corrected chi connectivity index (χ2v) is 4.05. The van der Waals surface area contributed by atoms with Gasteiger partial charge < -0.3 is 20.1 Å². The number of hydrogen-bond acceptors (Lipinski definition) is 6. The van der Waals surface area contributed by atoms with Gasteiger partial charge in [-0.1, -0.05) is 6.08 Å². The molecular weight excluding hydrogens is 278 g/mol. The van der Waals surface area contributed by atoms with E-state index in [0.29, 0.717) is 5.69 Å². The maximum absolute atomic E-state index is 11.9. The summed E-state index contributed by atoms with van der Waals surface area (Å²) in [4.78, 5) is 37.9. The molecule has 0 saturated heterocycles. The van der Waals surface area contributed by atoms with E-state index in [1.165, 1.54) is 31.5 Å². The summed E-state index contributed by atoms with van der Waals surface area (Å²) in [6.45, 7) is 0.0672. The molecule has 2 amide bonds. The monoisotopic (exact) mass is 291 g/mol. The fourth-order valence-electron chi connectivity index (χ4n) is 1.58. The van der Waals surface area contributed by atoms with E-state index in [9.17, 15) is 14.4 Å². The number of nitrogens with zero attached hydrogens (tertiary/aromatic N) is 1. The van der Waals surface area contributed by atoms with Crippen molar-refractivity contribution in [3.05, 3.63) is 30.0 Å². The maximum Gasteiger partial charge on any atom is 0.330 e. The molecule has 2 heterocycles. The second kappa shape index (κ2) is 6.51. The van der Waals surface area contributed by atoms with E-state index in [2.05, 4.69) is 20.4 Å². The van der Waals surface area contributed by atoms with Crippen LogP contribution in [0.1, 0.15) is 10.4 Å². The number of aromatic nitrogens is 1. The molecule has 0 spiro atoms. The molecule has 0 saturated carbocycles. The average molecular weight is 291 g/mol. The molecule has 0 aromatic carbocycles. The normalized spacial score (nSPS) is 13.1. The van der Waals surface area contributed by atoms with Gasteiger partial charge >= 0.3 is 5.97 Å². The van der Waals surface area contributed by atoms with Crippen LogP contribution >= 0.6 is 0 Å². The smallest absolute Gasteiger partial charge is 0.330 e. The third-order valence-electron chi connectivity index (χ3n) is 2.56. The fourth-order valence-corrected chi connectivity index (χ4v) is 1.58. The van der Waals surface area contributed by atoms with Gasteiger partial charge in [-0.3, -0.25) is 9.59 Å². The summed E-state index contributed by atoms with van der Waals surface area (Å²) < 4.78 is 9.50. The number of esters is 1. The van der Waals surface area contributed by atoms with E-state index in [1.807, 2.05) is 0 Å². The Morgan fingerprint density at radius 1 is 1.57 bits per heavy atom. The Bertz CT molecular complexity index is 612. The molecular formula is C13H13N3O5. The zero-order chi connectivity index (χ0) is 15.2. The average Bonchev–Trinajstić information content (AvgIpc) is 2.50. The molecule has 8 heteroatoms. The largest absolute Gasteiger partial charge is 0.466 e. The molecule has 1 aliphatic heterocycles. The van der Waals surface area contributed by atoms with Gasteiger partial charge in [0.1, 0.15) is 5.69 Å². The maximum atomic E-state index is 11.9. The first kappa shape index (κ1) is 14.5. The Labute approximate surface area is 120 Å². The molecule has 110 valence electrons. The number of rotatable bonds is 4. The van der Waals surface area contributed by atoms with Crippen molar-refractivity contribution in [3.63, 3.8) is 0 Å². The summed E-state index contributed by atoms with van der Waals surface area (Å²) >= 11 is 0. The Hall–Kier alpha value is -2.90. The van der Waals surface area contributed by atoms with Crippen LogP contribution in [0.25, 0.3) is 0 Å². The number of anilines is 1. The van der Waals surface area contributed by atoms with E-state index in [0.717, 1.165) is 0 Å². The number of pyridine rings is 1. The SMILES string of the molecule is COC(=O)/C=C/CNC(=O)c1cnc2c(c1)NC(=O)CO2. The molecule has 0 aliphatic carbocycles. The van der Waals surface area contributed by atoms with Crippen molar-refractivity contribution in [2.24, 2.45) is 0 Å². The van der Waals surface area contributed by atoms with Gasteiger partial charge in [-0.15, -0.1) is 0 Å². The van der Waals surface area contributed by atoms with Crippen LogP contribution in [-0.4, -0.2) is 43.0 Å². The highest BCUT2D eigenvalue weighted by Crippen LogP contribution is 2.25. The van der Waals surface area contributed by atoms with Crippen molar-refractivity contribution < 1.29 is 23.9 Å². The van der Waals surface area contributed by atoms with Crippen molar-refractivity contribution in [1.82, 2.24) is 10.3 Å². The Kier molecular flexibility index (Phi) is 4.50. The number of ether oxygens (including phenoxy) is 2. The Balaban J connectivity index is 1.97. The molecule has 21 heavy (non-hydrogen) atoms. The van der Waals surface area contributed by atoms with Gasteiger partial charge in [0.05, 0.1) is 12.7 Å². The lowest BCUT2D eigenvalue weighted by atomic mass is 10.2. The number of hydrogen-bond donors (Lipinski definition) is 2. The van der Waals surface area contributed by atoms with E-state index in [1.54, 1.807) is 0 Å². The first-order chi connectivity index (χ1) is 10.1. The highest BCUT2D eigenvalue weighted by molar-refractivity contribution is 5.99. The first-order valence-electron chi connectivity index (χ1n) is 6.05. The predicted octanol–water partition coefficient (Wildman–Crippen LogP) is -0.129. The van der Waals surface area contributed by atoms with Gasteiger partial charge in [0.25, 0.3) is 11.8 Å². The molecule has 1 aromatic heterocycles. The lowest BCUT2D eigenvalue weighted by molar-refractivity contribution is -0.134. The van der Waals surface area contributed by atoms with Gasteiger partial charge in [0, 0.05) is 18.8 Å². The number of amides is 2. The van der Waals surface area contributed by atoms with Gasteiger partial charge in [-0.25, -0.2) is 9.78 Å². The van der Waals surface area contributed by atoms with E-state index >= 15 is 0 Å². The summed E-state index contributed by atoms with van der Waals surface area (Å²) in [5.74, 6) is -0.918. The van der Waals surface area contributed by atoms with Crippen LogP contribution in [0.15, 0.2) is 24.4 Å². The molecule has 1 aromatic rings. The van der Waals surface area contributed by atoms with Crippen LogP contribution in [0.3, 0.4) is 0 Å². The molecule has 8 nitrogen and oxygen atoms in total. The summed E-state index contributed by atoms with van der Waals surface area (Å²) in [6, 6.07) is 1.47. The van der Waals surface area contributed by atoms with Crippen LogP contribution in [0.5, 0.6) is 5.88 Å². The molecule has 2 N–H and O–H groups in total. The van der Waals surface area contributed by atoms with Gasteiger partial charge in [-0.05, 0) is 6.07 Å². The third-order valence-corrected chi connectivity index (χ3v) is 2.56. The lowest BCUT2D eigenvalue weighted by Gasteiger charge is -2.16. The van der Waals surface area contributed by atoms with Crippen LogP contribution in [0.4, 0.5) is 5.69 Å². The minimum atomic E-state index is -0.500. The molecule has 1 aliphatic rings. The van der Waals surface area contributed by atoms with Gasteiger partial charge in [0.2, 0.25) is 5.88 Å². The van der Waals surface area contributed by atoms with E-state index in [4.69, 9.17) is 4.74 Å². The van der Waals surface area contributed by atoms with Gasteiger partial charge in [0.15, 0.2) is 6.61 Å². The third kappa shape index (κ3) is 3.78. The first-order valence-corrected chi connectivity index (χ1v) is 6.05. The van der Waals surface area contributed by atoms with E-state index in [-0.39, 0.29) is 36.4 Å². The summed E-state index contributed by atoms with van der Waals surface area (Å²) in [6.07, 6.45) is 4.01. The van der Waals surface area contributed by atoms with Crippen LogP contribution < -0.4 is 15.4 Å². The number of carbonyl (C=O) groups is 3. The topological polar surface area (TPSA) is 107 Å². The van der Waals surface area contributed by atoms with Crippen molar-refractivity contribution >= 4 is 23.5 Å². The van der Waals surface area contributed by atoms with Gasteiger partial charge in [-0.2, -0.15) is 0 Å². The molecule has 0 fully saturated rings. The van der Waals surface area contributed by atoms with Crippen LogP contribution in [-0.2, 0) is 14.3 Å². The van der Waals surface area contributed by atoms with Crippen LogP contribution in [0, 0.1) is 0 Å². The minimum absolute atomic E-state index is 0.0934. The van der Waals surface area contributed by atoms with Crippen molar-refractivity contribution in [2.75, 3.05) is 25.6 Å². The number of carbonyl (C=O) groups excluding carboxylic acids is 3. The zero-order valence-corrected chi connectivity index (χ0v) is 11.2. The van der Waals surface area contributed by atoms with Crippen molar-refractivity contribution in [2.45, 2.75) is 0 Å². The molecule has 0 atom stereocenters. The molecule has 2 rings (SSSR count). The number of nitrogens with one attached hydrogen (secondary N) is 2. The zero-order valence-electron chi connectivity index (χ0n) is 11.2. The highest BCUT2D eigenvalue weighted by Gasteiger charge is 2.18. The summed E-state index contributed by atoms with van der Waals surface area (Å²) in [7, 11) is 1.26. The summed E-state index contributed by atoms with van der Waals surface area (Å²) in [5.41, 5.74) is 0.620. The predicted molar refractivity (Wildman–Crippen MR) is 71.9 cm³/mol. The second-order valence-electron chi connectivity index (χ2n) is 4.05.